The molecule has 0 aromatic heterocycles. The molecular weight excluding hydrogens is 709 g/mol. The van der Waals surface area contributed by atoms with Crippen molar-refractivity contribution in [1.82, 2.24) is 0 Å². The molecule has 0 amide bonds. The Labute approximate surface area is 327 Å². The van der Waals surface area contributed by atoms with Crippen LogP contribution in [-0.2, 0) is 47.1 Å². The molecule has 0 aliphatic carbocycles. The third-order valence-corrected chi connectivity index (χ3v) is 16.8. The van der Waals surface area contributed by atoms with Gasteiger partial charge in [0, 0.05) is 31.3 Å². The third-order valence-electron chi connectivity index (χ3n) is 12.3. The molecule has 0 bridgehead atoms. The highest BCUT2D eigenvalue weighted by Gasteiger charge is 2.65. The number of rotatable bonds is 13. The largest absolute Gasteiger partial charge is 0.464 e. The molecule has 0 radical (unpaired) electrons. The van der Waals surface area contributed by atoms with Crippen molar-refractivity contribution in [2.45, 2.75) is 193 Å². The molecule has 54 heavy (non-hydrogen) atoms. The van der Waals surface area contributed by atoms with E-state index in [2.05, 4.69) is 67.3 Å². The van der Waals surface area contributed by atoms with Crippen LogP contribution in [0.4, 0.5) is 0 Å². The zero-order valence-electron chi connectivity index (χ0n) is 36.1. The summed E-state index contributed by atoms with van der Waals surface area (Å²) in [5, 5.41) is 11.9. The topological polar surface area (TPSA) is 120 Å². The summed E-state index contributed by atoms with van der Waals surface area (Å²) in [4.78, 5) is 13.1. The second-order valence-electron chi connectivity index (χ2n) is 19.0. The second kappa shape index (κ2) is 17.0. The molecular formula is C42H74O11Si. The van der Waals surface area contributed by atoms with Gasteiger partial charge in [-0.1, -0.05) is 59.3 Å². The Morgan fingerprint density at radius 3 is 2.30 bits per heavy atom. The van der Waals surface area contributed by atoms with Crippen molar-refractivity contribution in [3.05, 3.63) is 24.3 Å². The molecule has 0 saturated carbocycles. The lowest BCUT2D eigenvalue weighted by Crippen LogP contribution is -2.62. The van der Waals surface area contributed by atoms with Gasteiger partial charge in [-0.05, 0) is 91.3 Å². The molecule has 4 aliphatic rings. The summed E-state index contributed by atoms with van der Waals surface area (Å²) in [6.45, 7) is 33.6. The number of aliphatic hydroxyl groups excluding tert-OH is 1. The average molecular weight is 783 g/mol. The predicted molar refractivity (Wildman–Crippen MR) is 210 cm³/mol. The van der Waals surface area contributed by atoms with Crippen molar-refractivity contribution in [2.24, 2.45) is 23.7 Å². The molecule has 312 valence electrons. The molecule has 4 fully saturated rings. The lowest BCUT2D eigenvalue weighted by Gasteiger charge is -2.55. The van der Waals surface area contributed by atoms with Crippen molar-refractivity contribution < 1.29 is 52.2 Å². The van der Waals surface area contributed by atoms with Crippen molar-refractivity contribution in [2.75, 3.05) is 20.3 Å². The van der Waals surface area contributed by atoms with Gasteiger partial charge in [0.1, 0.15) is 6.10 Å². The van der Waals surface area contributed by atoms with Gasteiger partial charge in [-0.15, -0.1) is 6.58 Å². The first-order chi connectivity index (χ1) is 24.8. The van der Waals surface area contributed by atoms with Gasteiger partial charge in [-0.3, -0.25) is 0 Å². The highest BCUT2D eigenvalue weighted by atomic mass is 28.4. The molecule has 0 unspecified atom stereocenters. The number of carbonyl (C=O) groups excluding carboxylic acids is 1. The Bertz CT molecular complexity index is 1330. The van der Waals surface area contributed by atoms with E-state index in [-0.39, 0.29) is 47.5 Å². The van der Waals surface area contributed by atoms with Crippen molar-refractivity contribution in [3.8, 4) is 0 Å². The Kier molecular flexibility index (Phi) is 14.3. The molecule has 0 aromatic rings. The summed E-state index contributed by atoms with van der Waals surface area (Å²) in [7, 11) is -0.447. The van der Waals surface area contributed by atoms with Crippen LogP contribution >= 0.6 is 0 Å². The number of carbonyl (C=O) groups is 1. The Hall–Kier alpha value is -1.19. The lowest BCUT2D eigenvalue weighted by atomic mass is 9.80. The van der Waals surface area contributed by atoms with Crippen LogP contribution in [0.15, 0.2) is 24.3 Å². The first-order valence-electron chi connectivity index (χ1n) is 20.3. The van der Waals surface area contributed by atoms with Gasteiger partial charge >= 0.3 is 5.97 Å². The van der Waals surface area contributed by atoms with E-state index in [1.54, 1.807) is 27.9 Å². The zero-order valence-corrected chi connectivity index (χ0v) is 37.1. The van der Waals surface area contributed by atoms with E-state index in [1.807, 2.05) is 26.8 Å². The Morgan fingerprint density at radius 2 is 1.70 bits per heavy atom. The average Bonchev–Trinajstić information content (AvgIpc) is 3.32. The van der Waals surface area contributed by atoms with Gasteiger partial charge in [-0.2, -0.15) is 0 Å². The first-order valence-corrected chi connectivity index (χ1v) is 23.2. The van der Waals surface area contributed by atoms with Gasteiger partial charge in [-0.25, -0.2) is 4.79 Å². The summed E-state index contributed by atoms with van der Waals surface area (Å²) in [6, 6.07) is 0. The highest BCUT2D eigenvalue weighted by Crippen LogP contribution is 2.50. The number of ether oxygens (including phenoxy) is 8. The second-order valence-corrected chi connectivity index (χ2v) is 23.8. The van der Waals surface area contributed by atoms with Crippen LogP contribution in [0.2, 0.25) is 18.1 Å². The van der Waals surface area contributed by atoms with Crippen LogP contribution in [0.5, 0.6) is 0 Å². The van der Waals surface area contributed by atoms with E-state index in [0.29, 0.717) is 25.9 Å². The number of methoxy groups -OCH3 is 1. The minimum atomic E-state index is -2.07. The fourth-order valence-electron chi connectivity index (χ4n) is 8.57. The lowest BCUT2D eigenvalue weighted by molar-refractivity contribution is -0.425. The van der Waals surface area contributed by atoms with Crippen LogP contribution in [-0.4, -0.2) is 99.5 Å². The SMILES string of the molecule is C=C[C@H](C)[C@@H]1C[C@@]2(OC[C@H](O[Si](C)(C)C(C)(C)C)C[C@@H]2/C=C(\C)C[C@H](C)C[C@H](O)[C@H]2O[C@]3(OC(C)(C)O[C@H]3C(=O)OCC)[C@H](C)C[C@@H]2OC)OC(C)(C)O1. The van der Waals surface area contributed by atoms with E-state index < -0.39 is 61.9 Å². The Morgan fingerprint density at radius 1 is 1.06 bits per heavy atom. The van der Waals surface area contributed by atoms with E-state index in [1.165, 1.54) is 5.57 Å². The van der Waals surface area contributed by atoms with E-state index >= 15 is 0 Å². The standard InChI is InChI=1S/C42H74O11Si/c1-17-28(5)34-24-41(52-39(10,11)48-34)30(23-31(25-47-41)51-54(15,16)38(7,8)9)20-26(3)19-27(4)21-32(43)35-33(45-14)22-29(6)42(49-35)36(37(44)46-18-2)50-40(12,13)53-42/h17,20,27-36,43H,1,18-19,21-25H2,2-16H3/b26-20+/t27-,28-,29+,30-,31+,32-,33-,34-,35+,36-,41+,42-/m0/s1. The number of allylic oxidation sites excluding steroid dienone is 1. The molecule has 2 spiro atoms. The zero-order chi connectivity index (χ0) is 40.7. The van der Waals surface area contributed by atoms with Crippen LogP contribution < -0.4 is 0 Å². The van der Waals surface area contributed by atoms with Crippen molar-refractivity contribution in [1.29, 1.82) is 0 Å². The van der Waals surface area contributed by atoms with Gasteiger partial charge in [0.15, 0.2) is 25.7 Å². The summed E-state index contributed by atoms with van der Waals surface area (Å²) in [5.41, 5.74) is 1.17. The quantitative estimate of drug-likeness (QED) is 0.111. The van der Waals surface area contributed by atoms with Gasteiger partial charge in [0.25, 0.3) is 0 Å². The van der Waals surface area contributed by atoms with Crippen molar-refractivity contribution >= 4 is 14.3 Å². The fraction of sp³-hybridized carbons (Fsp3) is 0.881. The normalized spacial score (nSPS) is 37.6. The molecule has 12 atom stereocenters. The molecule has 4 saturated heterocycles. The minimum Gasteiger partial charge on any atom is -0.464 e. The summed E-state index contributed by atoms with van der Waals surface area (Å²) < 4.78 is 57.3. The number of hydrogen-bond acceptors (Lipinski definition) is 11. The highest BCUT2D eigenvalue weighted by molar-refractivity contribution is 6.74. The molecule has 4 heterocycles. The summed E-state index contributed by atoms with van der Waals surface area (Å²) in [6.07, 6.45) is 3.92. The Balaban J connectivity index is 1.56. The van der Waals surface area contributed by atoms with E-state index in [9.17, 15) is 9.90 Å². The first kappa shape index (κ1) is 45.5. The third kappa shape index (κ3) is 10.1. The molecule has 0 aromatic carbocycles. The maximum atomic E-state index is 13.1. The molecule has 4 rings (SSSR count). The number of aliphatic hydroxyl groups is 1. The fourth-order valence-corrected chi connectivity index (χ4v) is 9.92. The molecule has 12 heteroatoms. The van der Waals surface area contributed by atoms with Gasteiger partial charge in [0.2, 0.25) is 11.9 Å². The monoisotopic (exact) mass is 783 g/mol. The molecule has 1 N–H and O–H groups in total. The minimum absolute atomic E-state index is 0.0652. The van der Waals surface area contributed by atoms with Crippen LogP contribution in [0, 0.1) is 23.7 Å². The molecule has 4 aliphatic heterocycles. The summed E-state index contributed by atoms with van der Waals surface area (Å²) >= 11 is 0. The van der Waals surface area contributed by atoms with Crippen LogP contribution in [0.3, 0.4) is 0 Å². The van der Waals surface area contributed by atoms with E-state index in [0.717, 1.165) is 12.8 Å². The van der Waals surface area contributed by atoms with Crippen molar-refractivity contribution in [3.63, 3.8) is 0 Å². The van der Waals surface area contributed by atoms with Gasteiger partial charge in [0.05, 0.1) is 37.6 Å². The number of hydrogen-bond donors (Lipinski definition) is 1. The summed E-state index contributed by atoms with van der Waals surface area (Å²) in [5.74, 6) is -4.97. The maximum Gasteiger partial charge on any atom is 0.341 e. The van der Waals surface area contributed by atoms with Gasteiger partial charge < -0.3 is 47.4 Å². The number of esters is 1. The van der Waals surface area contributed by atoms with Crippen LogP contribution in [0.1, 0.15) is 115 Å². The maximum absolute atomic E-state index is 13.1. The van der Waals surface area contributed by atoms with Crippen LogP contribution in [0.25, 0.3) is 0 Å². The van der Waals surface area contributed by atoms with E-state index in [4.69, 9.17) is 42.3 Å². The smallest absolute Gasteiger partial charge is 0.341 e. The molecule has 11 nitrogen and oxygen atoms in total. The predicted octanol–water partition coefficient (Wildman–Crippen LogP) is 8.05.